The van der Waals surface area contributed by atoms with E-state index in [0.717, 1.165) is 38.2 Å². The third-order valence-corrected chi connectivity index (χ3v) is 3.27. The summed E-state index contributed by atoms with van der Waals surface area (Å²) in [6.45, 7) is 7.37. The Morgan fingerprint density at radius 3 is 2.94 bits per heavy atom. The number of aromatic nitrogens is 2. The lowest BCUT2D eigenvalue weighted by Gasteiger charge is -2.14. The summed E-state index contributed by atoms with van der Waals surface area (Å²) in [4.78, 5) is 6.69. The van der Waals surface area contributed by atoms with Crippen LogP contribution in [0.3, 0.4) is 0 Å². The van der Waals surface area contributed by atoms with Crippen LogP contribution in [0.2, 0.25) is 0 Å². The normalized spacial score (nSPS) is 11.5. The van der Waals surface area contributed by atoms with Gasteiger partial charge in [-0.2, -0.15) is 0 Å². The van der Waals surface area contributed by atoms with Crippen molar-refractivity contribution in [1.29, 1.82) is 0 Å². The van der Waals surface area contributed by atoms with Crippen molar-refractivity contribution in [2.45, 2.75) is 13.5 Å². The fraction of sp³-hybridized carbons (Fsp3) is 0.500. The predicted octanol–water partition coefficient (Wildman–Crippen LogP) is 1.58. The Kier molecular flexibility index (Phi) is 4.73. The maximum atomic E-state index is 4.39. The molecule has 18 heavy (non-hydrogen) atoms. The second kappa shape index (κ2) is 6.52. The second-order valence-electron chi connectivity index (χ2n) is 4.57. The van der Waals surface area contributed by atoms with Gasteiger partial charge in [-0.25, -0.2) is 4.98 Å². The highest BCUT2D eigenvalue weighted by molar-refractivity contribution is 5.74. The van der Waals surface area contributed by atoms with Crippen LogP contribution in [-0.2, 0) is 6.54 Å². The first kappa shape index (κ1) is 13.1. The standard InChI is InChI=1S/C14H22N4/c1-3-17(2)10-8-15-9-11-18-12-16-13-6-4-5-7-14(13)18/h4-7,12,15H,3,8-11H2,1-2H3. The van der Waals surface area contributed by atoms with Crippen LogP contribution < -0.4 is 5.32 Å². The second-order valence-corrected chi connectivity index (χ2v) is 4.57. The molecule has 0 amide bonds. The molecule has 1 heterocycles. The van der Waals surface area contributed by atoms with E-state index in [1.807, 2.05) is 12.4 Å². The van der Waals surface area contributed by atoms with Crippen LogP contribution in [0, 0.1) is 0 Å². The third kappa shape index (κ3) is 3.31. The van der Waals surface area contributed by atoms with E-state index in [0.29, 0.717) is 0 Å². The third-order valence-electron chi connectivity index (χ3n) is 3.27. The minimum Gasteiger partial charge on any atom is -0.329 e. The number of hydrogen-bond donors (Lipinski definition) is 1. The van der Waals surface area contributed by atoms with E-state index in [1.165, 1.54) is 5.52 Å². The van der Waals surface area contributed by atoms with Gasteiger partial charge in [-0.05, 0) is 25.7 Å². The number of fused-ring (bicyclic) bond motifs is 1. The number of nitrogens with one attached hydrogen (secondary N) is 1. The number of likely N-dealkylation sites (N-methyl/N-ethyl adjacent to an activating group) is 1. The van der Waals surface area contributed by atoms with E-state index < -0.39 is 0 Å². The summed E-state index contributed by atoms with van der Waals surface area (Å²) in [7, 11) is 2.14. The summed E-state index contributed by atoms with van der Waals surface area (Å²) in [5, 5.41) is 3.46. The molecule has 0 radical (unpaired) electrons. The number of benzene rings is 1. The van der Waals surface area contributed by atoms with Crippen LogP contribution in [0.25, 0.3) is 11.0 Å². The van der Waals surface area contributed by atoms with Crippen molar-refractivity contribution in [3.63, 3.8) is 0 Å². The monoisotopic (exact) mass is 246 g/mol. The van der Waals surface area contributed by atoms with E-state index >= 15 is 0 Å². The van der Waals surface area contributed by atoms with Gasteiger partial charge in [-0.3, -0.25) is 0 Å². The van der Waals surface area contributed by atoms with E-state index in [-0.39, 0.29) is 0 Å². The molecule has 1 N–H and O–H groups in total. The highest BCUT2D eigenvalue weighted by Gasteiger charge is 2.00. The van der Waals surface area contributed by atoms with Gasteiger partial charge in [0.1, 0.15) is 0 Å². The zero-order valence-corrected chi connectivity index (χ0v) is 11.3. The van der Waals surface area contributed by atoms with Gasteiger partial charge in [0.2, 0.25) is 0 Å². The fourth-order valence-corrected chi connectivity index (χ4v) is 1.94. The van der Waals surface area contributed by atoms with Gasteiger partial charge in [-0.15, -0.1) is 0 Å². The van der Waals surface area contributed by atoms with Crippen molar-refractivity contribution in [1.82, 2.24) is 19.8 Å². The molecule has 4 nitrogen and oxygen atoms in total. The van der Waals surface area contributed by atoms with Gasteiger partial charge in [0.25, 0.3) is 0 Å². The van der Waals surface area contributed by atoms with Gasteiger partial charge < -0.3 is 14.8 Å². The Labute approximate surface area is 109 Å². The molecule has 0 saturated carbocycles. The minimum absolute atomic E-state index is 0.969. The average molecular weight is 246 g/mol. The molecular weight excluding hydrogens is 224 g/mol. The molecule has 0 fully saturated rings. The summed E-state index contributed by atoms with van der Waals surface area (Å²) in [5.41, 5.74) is 2.29. The van der Waals surface area contributed by atoms with Crippen molar-refractivity contribution in [3.05, 3.63) is 30.6 Å². The molecule has 4 heteroatoms. The molecule has 0 unspecified atom stereocenters. The zero-order chi connectivity index (χ0) is 12.8. The molecule has 0 atom stereocenters. The molecule has 0 bridgehead atoms. The van der Waals surface area contributed by atoms with Gasteiger partial charge in [0.15, 0.2) is 0 Å². The smallest absolute Gasteiger partial charge is 0.0958 e. The SMILES string of the molecule is CCN(C)CCNCCn1cnc2ccccc21. The molecule has 0 aliphatic heterocycles. The van der Waals surface area contributed by atoms with Crippen molar-refractivity contribution in [2.24, 2.45) is 0 Å². The topological polar surface area (TPSA) is 33.1 Å². The molecule has 98 valence electrons. The Morgan fingerprint density at radius 1 is 1.28 bits per heavy atom. The Bertz CT molecular complexity index is 477. The Balaban J connectivity index is 1.77. The highest BCUT2D eigenvalue weighted by Crippen LogP contribution is 2.10. The van der Waals surface area contributed by atoms with Crippen LogP contribution in [0.1, 0.15) is 6.92 Å². The van der Waals surface area contributed by atoms with E-state index in [2.05, 4.69) is 51.9 Å². The number of rotatable bonds is 7. The Morgan fingerprint density at radius 2 is 2.11 bits per heavy atom. The first-order valence-corrected chi connectivity index (χ1v) is 6.60. The van der Waals surface area contributed by atoms with Crippen molar-refractivity contribution < 1.29 is 0 Å². The van der Waals surface area contributed by atoms with Crippen LogP contribution in [0.5, 0.6) is 0 Å². The lowest BCUT2D eigenvalue weighted by molar-refractivity contribution is 0.348. The molecule has 1 aromatic carbocycles. The van der Waals surface area contributed by atoms with E-state index in [4.69, 9.17) is 0 Å². The lowest BCUT2D eigenvalue weighted by Crippen LogP contribution is -2.30. The molecule has 0 aliphatic carbocycles. The largest absolute Gasteiger partial charge is 0.329 e. The van der Waals surface area contributed by atoms with Crippen LogP contribution in [0.15, 0.2) is 30.6 Å². The van der Waals surface area contributed by atoms with Crippen LogP contribution in [-0.4, -0.2) is 47.7 Å². The van der Waals surface area contributed by atoms with E-state index in [1.54, 1.807) is 0 Å². The number of nitrogens with zero attached hydrogens (tertiary/aromatic N) is 3. The predicted molar refractivity (Wildman–Crippen MR) is 75.8 cm³/mol. The molecule has 1 aromatic heterocycles. The molecule has 2 aromatic rings. The lowest BCUT2D eigenvalue weighted by atomic mass is 10.3. The van der Waals surface area contributed by atoms with Crippen LogP contribution in [0.4, 0.5) is 0 Å². The fourth-order valence-electron chi connectivity index (χ4n) is 1.94. The van der Waals surface area contributed by atoms with Gasteiger partial charge in [0, 0.05) is 26.2 Å². The summed E-state index contributed by atoms with van der Waals surface area (Å²) < 4.78 is 2.20. The summed E-state index contributed by atoms with van der Waals surface area (Å²) in [6, 6.07) is 8.26. The molecule has 0 saturated heterocycles. The number of hydrogen-bond acceptors (Lipinski definition) is 3. The summed E-state index contributed by atoms with van der Waals surface area (Å²) in [6.07, 6.45) is 1.92. The first-order chi connectivity index (χ1) is 8.81. The molecule has 0 spiro atoms. The highest BCUT2D eigenvalue weighted by atomic mass is 15.1. The van der Waals surface area contributed by atoms with Crippen molar-refractivity contribution >= 4 is 11.0 Å². The van der Waals surface area contributed by atoms with Gasteiger partial charge >= 0.3 is 0 Å². The molecule has 0 aliphatic rings. The minimum atomic E-state index is 0.969. The maximum absolute atomic E-state index is 4.39. The Hall–Kier alpha value is -1.39. The number of imidazole rings is 1. The van der Waals surface area contributed by atoms with Gasteiger partial charge in [-0.1, -0.05) is 19.1 Å². The van der Waals surface area contributed by atoms with Crippen LogP contribution >= 0.6 is 0 Å². The van der Waals surface area contributed by atoms with E-state index in [9.17, 15) is 0 Å². The summed E-state index contributed by atoms with van der Waals surface area (Å²) >= 11 is 0. The van der Waals surface area contributed by atoms with Crippen molar-refractivity contribution in [2.75, 3.05) is 33.2 Å². The zero-order valence-electron chi connectivity index (χ0n) is 11.3. The maximum Gasteiger partial charge on any atom is 0.0958 e. The van der Waals surface area contributed by atoms with Crippen molar-refractivity contribution in [3.8, 4) is 0 Å². The first-order valence-electron chi connectivity index (χ1n) is 6.60. The van der Waals surface area contributed by atoms with Gasteiger partial charge in [0.05, 0.1) is 17.4 Å². The average Bonchev–Trinajstić information content (AvgIpc) is 2.81. The molecular formula is C14H22N4. The quantitative estimate of drug-likeness (QED) is 0.753. The molecule has 2 rings (SSSR count). The summed E-state index contributed by atoms with van der Waals surface area (Å²) in [5.74, 6) is 0. The number of para-hydroxylation sites is 2.